The molecular weight excluding hydrogens is 380 g/mol. The normalized spacial score (nSPS) is 21.4. The number of nitro benzene ring substituents is 1. The lowest BCUT2D eigenvalue weighted by atomic mass is 9.83. The molecule has 4 rings (SSSR count). The molecule has 0 saturated carbocycles. The highest BCUT2D eigenvalue weighted by atomic mass is 16.6. The molecule has 2 aliphatic rings. The van der Waals surface area contributed by atoms with E-state index in [0.717, 1.165) is 43.0 Å². The number of benzene rings is 2. The Balaban J connectivity index is 1.67. The van der Waals surface area contributed by atoms with Gasteiger partial charge in [0.15, 0.2) is 0 Å². The third-order valence-electron chi connectivity index (χ3n) is 6.37. The van der Waals surface area contributed by atoms with Gasteiger partial charge in [-0.25, -0.2) is 0 Å². The fraction of sp³-hybridized carbons (Fsp3) is 0.435. The lowest BCUT2D eigenvalue weighted by Crippen LogP contribution is -2.61. The van der Waals surface area contributed by atoms with Gasteiger partial charge < -0.3 is 15.1 Å². The second kappa shape index (κ2) is 8.34. The topological polar surface area (TPSA) is 78.7 Å². The van der Waals surface area contributed by atoms with Crippen LogP contribution in [0.4, 0.5) is 17.1 Å². The Morgan fingerprint density at radius 2 is 2.00 bits per heavy atom. The van der Waals surface area contributed by atoms with Crippen LogP contribution >= 0.6 is 0 Å². The van der Waals surface area contributed by atoms with E-state index in [2.05, 4.69) is 34.2 Å². The van der Waals surface area contributed by atoms with Gasteiger partial charge in [0.25, 0.3) is 5.69 Å². The molecule has 158 valence electrons. The van der Waals surface area contributed by atoms with Crippen LogP contribution in [0, 0.1) is 16.0 Å². The first-order valence-electron chi connectivity index (χ1n) is 10.6. The summed E-state index contributed by atoms with van der Waals surface area (Å²) in [5.41, 5.74) is 3.15. The number of fused-ring (bicyclic) bond motifs is 3. The van der Waals surface area contributed by atoms with Crippen molar-refractivity contribution in [2.45, 2.75) is 38.8 Å². The second-order valence-corrected chi connectivity index (χ2v) is 8.24. The third-order valence-corrected chi connectivity index (χ3v) is 6.37. The Morgan fingerprint density at radius 1 is 1.23 bits per heavy atom. The predicted octanol–water partition coefficient (Wildman–Crippen LogP) is 3.38. The minimum atomic E-state index is -0.367. The highest BCUT2D eigenvalue weighted by Gasteiger charge is 2.42. The van der Waals surface area contributed by atoms with Crippen molar-refractivity contribution in [2.24, 2.45) is 5.92 Å². The Hall–Kier alpha value is -3.09. The maximum absolute atomic E-state index is 13.2. The maximum atomic E-state index is 13.2. The number of piperazine rings is 1. The van der Waals surface area contributed by atoms with Gasteiger partial charge in [0.05, 0.1) is 16.9 Å². The average molecular weight is 409 g/mol. The van der Waals surface area contributed by atoms with Crippen molar-refractivity contribution in [1.82, 2.24) is 5.32 Å². The standard InChI is InChI=1S/C23H28N4O3/c1-3-16(2)24-23(28)20-14-17-13-19(27(29)30)9-10-21(17)26-12-11-25(15-22(20)26)18-7-5-4-6-8-18/h4-10,13,16,20,22H,3,11-12,14-15H2,1-2H3,(H,24,28)/t16-,20+,22-/m0/s1. The lowest BCUT2D eigenvalue weighted by Gasteiger charge is -2.49. The van der Waals surface area contributed by atoms with E-state index >= 15 is 0 Å². The number of anilines is 2. The first kappa shape index (κ1) is 20.2. The summed E-state index contributed by atoms with van der Waals surface area (Å²) in [6.07, 6.45) is 1.38. The molecule has 0 radical (unpaired) electrons. The van der Waals surface area contributed by atoms with E-state index in [9.17, 15) is 14.9 Å². The second-order valence-electron chi connectivity index (χ2n) is 8.24. The monoisotopic (exact) mass is 408 g/mol. The number of rotatable bonds is 5. The lowest BCUT2D eigenvalue weighted by molar-refractivity contribution is -0.384. The Bertz CT molecular complexity index is 933. The molecule has 1 saturated heterocycles. The molecule has 2 aromatic rings. The van der Waals surface area contributed by atoms with E-state index in [1.54, 1.807) is 12.1 Å². The molecule has 7 nitrogen and oxygen atoms in total. The summed E-state index contributed by atoms with van der Waals surface area (Å²) in [7, 11) is 0. The first-order chi connectivity index (χ1) is 14.5. The number of hydrogen-bond acceptors (Lipinski definition) is 5. The van der Waals surface area contributed by atoms with E-state index in [1.807, 2.05) is 31.2 Å². The molecule has 2 aliphatic heterocycles. The van der Waals surface area contributed by atoms with Crippen molar-refractivity contribution in [3.05, 3.63) is 64.2 Å². The van der Waals surface area contributed by atoms with E-state index in [0.29, 0.717) is 6.42 Å². The van der Waals surface area contributed by atoms with Gasteiger partial charge in [0, 0.05) is 49.2 Å². The van der Waals surface area contributed by atoms with Gasteiger partial charge in [-0.15, -0.1) is 0 Å². The van der Waals surface area contributed by atoms with Crippen molar-refractivity contribution in [3.63, 3.8) is 0 Å². The summed E-state index contributed by atoms with van der Waals surface area (Å²) in [6.45, 7) is 6.43. The molecular formula is C23H28N4O3. The van der Waals surface area contributed by atoms with Crippen LogP contribution in [0.2, 0.25) is 0 Å². The van der Waals surface area contributed by atoms with Crippen molar-refractivity contribution >= 4 is 23.0 Å². The fourth-order valence-corrected chi connectivity index (χ4v) is 4.55. The highest BCUT2D eigenvalue weighted by molar-refractivity contribution is 5.82. The maximum Gasteiger partial charge on any atom is 0.269 e. The average Bonchev–Trinajstić information content (AvgIpc) is 2.78. The first-order valence-corrected chi connectivity index (χ1v) is 10.6. The van der Waals surface area contributed by atoms with Crippen LogP contribution in [0.25, 0.3) is 0 Å². The van der Waals surface area contributed by atoms with Crippen LogP contribution in [0.5, 0.6) is 0 Å². The number of amides is 1. The summed E-state index contributed by atoms with van der Waals surface area (Å²) in [5.74, 6) is -0.216. The van der Waals surface area contributed by atoms with E-state index < -0.39 is 0 Å². The molecule has 2 aromatic carbocycles. The molecule has 1 fully saturated rings. The molecule has 0 spiro atoms. The summed E-state index contributed by atoms with van der Waals surface area (Å²) < 4.78 is 0. The molecule has 0 unspecified atom stereocenters. The van der Waals surface area contributed by atoms with Crippen molar-refractivity contribution in [3.8, 4) is 0 Å². The number of carbonyl (C=O) groups excluding carboxylic acids is 1. The van der Waals surface area contributed by atoms with Gasteiger partial charge in [0.1, 0.15) is 0 Å². The van der Waals surface area contributed by atoms with Gasteiger partial charge >= 0.3 is 0 Å². The molecule has 1 N–H and O–H groups in total. The zero-order valence-corrected chi connectivity index (χ0v) is 17.5. The van der Waals surface area contributed by atoms with E-state index in [4.69, 9.17) is 0 Å². The highest BCUT2D eigenvalue weighted by Crippen LogP contribution is 2.38. The SMILES string of the molecule is CC[C@H](C)NC(=O)[C@@H]1Cc2cc([N+](=O)[O-])ccc2N2CCN(c3ccccc3)C[C@@H]12. The molecule has 3 atom stereocenters. The number of nitrogens with one attached hydrogen (secondary N) is 1. The van der Waals surface area contributed by atoms with Crippen LogP contribution in [0.1, 0.15) is 25.8 Å². The van der Waals surface area contributed by atoms with Gasteiger partial charge in [-0.3, -0.25) is 14.9 Å². The summed E-state index contributed by atoms with van der Waals surface area (Å²) in [4.78, 5) is 28.7. The zero-order chi connectivity index (χ0) is 21.3. The summed E-state index contributed by atoms with van der Waals surface area (Å²) in [6, 6.07) is 15.5. The Kier molecular flexibility index (Phi) is 5.61. The number of hydrogen-bond donors (Lipinski definition) is 1. The minimum Gasteiger partial charge on any atom is -0.368 e. The number of nitrogens with zero attached hydrogens (tertiary/aromatic N) is 3. The number of carbonyl (C=O) groups is 1. The van der Waals surface area contributed by atoms with E-state index in [-0.39, 0.29) is 34.5 Å². The van der Waals surface area contributed by atoms with Crippen LogP contribution in [0.3, 0.4) is 0 Å². The van der Waals surface area contributed by atoms with Crippen LogP contribution in [-0.2, 0) is 11.2 Å². The van der Waals surface area contributed by atoms with Gasteiger partial charge in [-0.1, -0.05) is 25.1 Å². The largest absolute Gasteiger partial charge is 0.368 e. The van der Waals surface area contributed by atoms with Crippen LogP contribution in [-0.4, -0.2) is 42.5 Å². The minimum absolute atomic E-state index is 0.0250. The van der Waals surface area contributed by atoms with Crippen LogP contribution in [0.15, 0.2) is 48.5 Å². The van der Waals surface area contributed by atoms with Crippen molar-refractivity contribution in [1.29, 1.82) is 0 Å². The van der Waals surface area contributed by atoms with Gasteiger partial charge in [-0.05, 0) is 43.5 Å². The molecule has 0 aromatic heterocycles. The van der Waals surface area contributed by atoms with E-state index in [1.165, 1.54) is 0 Å². The molecule has 0 bridgehead atoms. The molecule has 2 heterocycles. The Labute approximate surface area is 176 Å². The van der Waals surface area contributed by atoms with Crippen molar-refractivity contribution < 1.29 is 9.72 Å². The molecule has 7 heteroatoms. The molecule has 30 heavy (non-hydrogen) atoms. The summed E-state index contributed by atoms with van der Waals surface area (Å²) in [5, 5.41) is 14.4. The molecule has 0 aliphatic carbocycles. The quantitative estimate of drug-likeness (QED) is 0.606. The van der Waals surface area contributed by atoms with Gasteiger partial charge in [0.2, 0.25) is 5.91 Å². The number of para-hydroxylation sites is 1. The predicted molar refractivity (Wildman–Crippen MR) is 118 cm³/mol. The third kappa shape index (κ3) is 3.84. The number of non-ortho nitro benzene ring substituents is 1. The van der Waals surface area contributed by atoms with Gasteiger partial charge in [-0.2, -0.15) is 0 Å². The smallest absolute Gasteiger partial charge is 0.269 e. The molecule has 1 amide bonds. The zero-order valence-electron chi connectivity index (χ0n) is 17.5. The number of nitro groups is 1. The summed E-state index contributed by atoms with van der Waals surface area (Å²) >= 11 is 0. The Morgan fingerprint density at radius 3 is 2.70 bits per heavy atom. The van der Waals surface area contributed by atoms with Crippen LogP contribution < -0.4 is 15.1 Å². The van der Waals surface area contributed by atoms with Crippen molar-refractivity contribution in [2.75, 3.05) is 29.4 Å². The fourth-order valence-electron chi connectivity index (χ4n) is 4.55.